The summed E-state index contributed by atoms with van der Waals surface area (Å²) in [5, 5.41) is 5.40. The summed E-state index contributed by atoms with van der Waals surface area (Å²) in [6, 6.07) is 2.90. The van der Waals surface area contributed by atoms with Crippen LogP contribution in [0.25, 0.3) is 0 Å². The SMILES string of the molecule is CN=C(NCC(=O)N(C)CC(F)(F)F)NC(C)c1ccc(F)c(F)c1.I. The quantitative estimate of drug-likeness (QED) is 0.287. The van der Waals surface area contributed by atoms with Gasteiger partial charge in [-0.1, -0.05) is 6.07 Å². The lowest BCUT2D eigenvalue weighted by Gasteiger charge is -2.21. The Hall–Kier alpha value is -1.66. The molecule has 0 heterocycles. The van der Waals surface area contributed by atoms with E-state index in [0.717, 1.165) is 19.2 Å². The van der Waals surface area contributed by atoms with E-state index in [1.807, 2.05) is 0 Å². The third-order valence-corrected chi connectivity index (χ3v) is 3.27. The molecule has 0 saturated carbocycles. The summed E-state index contributed by atoms with van der Waals surface area (Å²) in [7, 11) is 2.44. The number of halogens is 6. The average molecular weight is 494 g/mol. The van der Waals surface area contributed by atoms with Crippen molar-refractivity contribution in [2.45, 2.75) is 19.1 Å². The molecule has 11 heteroatoms. The summed E-state index contributed by atoms with van der Waals surface area (Å²) in [5.74, 6) is -2.62. The smallest absolute Gasteiger partial charge is 0.350 e. The van der Waals surface area contributed by atoms with Gasteiger partial charge < -0.3 is 15.5 Å². The molecule has 5 nitrogen and oxygen atoms in total. The first kappa shape index (κ1) is 24.3. The van der Waals surface area contributed by atoms with Crippen molar-refractivity contribution in [3.8, 4) is 0 Å². The van der Waals surface area contributed by atoms with Crippen LogP contribution in [-0.4, -0.2) is 50.1 Å². The molecular weight excluding hydrogens is 474 g/mol. The van der Waals surface area contributed by atoms with E-state index >= 15 is 0 Å². The fourth-order valence-corrected chi connectivity index (χ4v) is 1.92. The van der Waals surface area contributed by atoms with Crippen LogP contribution in [0, 0.1) is 11.6 Å². The second-order valence-corrected chi connectivity index (χ2v) is 5.33. The molecule has 0 radical (unpaired) electrons. The molecule has 0 aliphatic heterocycles. The molecule has 1 rings (SSSR count). The summed E-state index contributed by atoms with van der Waals surface area (Å²) >= 11 is 0. The van der Waals surface area contributed by atoms with Gasteiger partial charge in [-0.25, -0.2) is 8.78 Å². The van der Waals surface area contributed by atoms with E-state index < -0.39 is 42.8 Å². The van der Waals surface area contributed by atoms with Gasteiger partial charge in [0.1, 0.15) is 6.54 Å². The van der Waals surface area contributed by atoms with E-state index in [1.54, 1.807) is 6.92 Å². The summed E-state index contributed by atoms with van der Waals surface area (Å²) in [6.07, 6.45) is -4.48. The van der Waals surface area contributed by atoms with Gasteiger partial charge in [-0.3, -0.25) is 9.79 Å². The molecule has 0 fully saturated rings. The highest BCUT2D eigenvalue weighted by atomic mass is 127. The molecule has 0 spiro atoms. The van der Waals surface area contributed by atoms with E-state index in [4.69, 9.17) is 0 Å². The minimum absolute atomic E-state index is 0. The number of alkyl halides is 3. The Balaban J connectivity index is 0.00000625. The van der Waals surface area contributed by atoms with Crippen molar-refractivity contribution in [3.63, 3.8) is 0 Å². The number of amides is 1. The number of guanidine groups is 1. The lowest BCUT2D eigenvalue weighted by Crippen LogP contribution is -2.46. The maximum absolute atomic E-state index is 13.2. The number of likely N-dealkylation sites (N-methyl/N-ethyl adjacent to an activating group) is 1. The fourth-order valence-electron chi connectivity index (χ4n) is 1.92. The molecule has 148 valence electrons. The van der Waals surface area contributed by atoms with Gasteiger partial charge in [-0.15, -0.1) is 24.0 Å². The highest BCUT2D eigenvalue weighted by molar-refractivity contribution is 14.0. The van der Waals surface area contributed by atoms with Gasteiger partial charge in [0, 0.05) is 14.1 Å². The minimum atomic E-state index is -4.48. The topological polar surface area (TPSA) is 56.7 Å². The first-order valence-corrected chi connectivity index (χ1v) is 7.26. The van der Waals surface area contributed by atoms with E-state index in [1.165, 1.54) is 13.1 Å². The van der Waals surface area contributed by atoms with Crippen LogP contribution in [0.1, 0.15) is 18.5 Å². The molecule has 0 saturated heterocycles. The van der Waals surface area contributed by atoms with Crippen LogP contribution in [0.15, 0.2) is 23.2 Å². The van der Waals surface area contributed by atoms with E-state index in [9.17, 15) is 26.7 Å². The second kappa shape index (κ2) is 10.5. The van der Waals surface area contributed by atoms with Crippen molar-refractivity contribution in [2.24, 2.45) is 4.99 Å². The van der Waals surface area contributed by atoms with Crippen molar-refractivity contribution >= 4 is 35.8 Å². The Labute approximate surface area is 165 Å². The molecule has 1 amide bonds. The van der Waals surface area contributed by atoms with Gasteiger partial charge in [0.15, 0.2) is 17.6 Å². The van der Waals surface area contributed by atoms with Gasteiger partial charge >= 0.3 is 6.18 Å². The standard InChI is InChI=1S/C15H19F5N4O.HI/c1-9(10-4-5-11(16)12(17)6-10)23-14(21-2)22-7-13(25)24(3)8-15(18,19)20;/h4-6,9H,7-8H2,1-3H3,(H2,21,22,23);1H. The molecular formula is C15H20F5IN4O. The molecule has 0 bridgehead atoms. The lowest BCUT2D eigenvalue weighted by molar-refractivity contribution is -0.157. The lowest BCUT2D eigenvalue weighted by atomic mass is 10.1. The average Bonchev–Trinajstić information content (AvgIpc) is 2.51. The number of aliphatic imine (C=N–C) groups is 1. The van der Waals surface area contributed by atoms with E-state index in [0.29, 0.717) is 10.5 Å². The summed E-state index contributed by atoms with van der Waals surface area (Å²) in [4.78, 5) is 16.0. The van der Waals surface area contributed by atoms with Crippen LogP contribution in [0.4, 0.5) is 22.0 Å². The van der Waals surface area contributed by atoms with Crippen LogP contribution in [-0.2, 0) is 4.79 Å². The molecule has 0 aliphatic carbocycles. The number of hydrogen-bond donors (Lipinski definition) is 2. The highest BCUT2D eigenvalue weighted by Gasteiger charge is 2.31. The largest absolute Gasteiger partial charge is 0.406 e. The number of hydrogen-bond acceptors (Lipinski definition) is 2. The van der Waals surface area contributed by atoms with Crippen molar-refractivity contribution in [2.75, 3.05) is 27.2 Å². The summed E-state index contributed by atoms with van der Waals surface area (Å²) < 4.78 is 62.9. The molecule has 1 unspecified atom stereocenters. The van der Waals surface area contributed by atoms with Crippen LogP contribution in [0.5, 0.6) is 0 Å². The minimum Gasteiger partial charge on any atom is -0.350 e. The van der Waals surface area contributed by atoms with Crippen molar-refractivity contribution in [3.05, 3.63) is 35.4 Å². The first-order valence-electron chi connectivity index (χ1n) is 7.26. The predicted octanol–water partition coefficient (Wildman–Crippen LogP) is 2.83. The molecule has 1 aromatic rings. The van der Waals surface area contributed by atoms with Crippen LogP contribution in [0.2, 0.25) is 0 Å². The predicted molar refractivity (Wildman–Crippen MR) is 98.4 cm³/mol. The third-order valence-electron chi connectivity index (χ3n) is 3.27. The van der Waals surface area contributed by atoms with Crippen molar-refractivity contribution < 1.29 is 26.7 Å². The van der Waals surface area contributed by atoms with Gasteiger partial charge in [-0.05, 0) is 24.6 Å². The number of carbonyl (C=O) groups excluding carboxylic acids is 1. The molecule has 1 aromatic carbocycles. The van der Waals surface area contributed by atoms with Crippen LogP contribution in [0.3, 0.4) is 0 Å². The Morgan fingerprint density at radius 1 is 1.27 bits per heavy atom. The third kappa shape index (κ3) is 8.15. The van der Waals surface area contributed by atoms with Gasteiger partial charge in [0.2, 0.25) is 5.91 Å². The molecule has 0 aromatic heterocycles. The Morgan fingerprint density at radius 2 is 1.88 bits per heavy atom. The zero-order valence-electron chi connectivity index (χ0n) is 14.3. The van der Waals surface area contributed by atoms with Crippen molar-refractivity contribution in [1.82, 2.24) is 15.5 Å². The Morgan fingerprint density at radius 3 is 2.38 bits per heavy atom. The second-order valence-electron chi connectivity index (χ2n) is 5.33. The fraction of sp³-hybridized carbons (Fsp3) is 0.467. The van der Waals surface area contributed by atoms with Crippen LogP contribution >= 0.6 is 24.0 Å². The normalized spacial score (nSPS) is 12.8. The highest BCUT2D eigenvalue weighted by Crippen LogP contribution is 2.16. The van der Waals surface area contributed by atoms with Gasteiger partial charge in [-0.2, -0.15) is 13.2 Å². The van der Waals surface area contributed by atoms with Gasteiger partial charge in [0.25, 0.3) is 0 Å². The number of nitrogens with one attached hydrogen (secondary N) is 2. The van der Waals surface area contributed by atoms with E-state index in [2.05, 4.69) is 15.6 Å². The van der Waals surface area contributed by atoms with Crippen LogP contribution < -0.4 is 10.6 Å². The molecule has 0 aliphatic rings. The number of rotatable bonds is 5. The molecule has 26 heavy (non-hydrogen) atoms. The van der Waals surface area contributed by atoms with Gasteiger partial charge in [0.05, 0.1) is 12.6 Å². The molecule has 2 N–H and O–H groups in total. The maximum Gasteiger partial charge on any atom is 0.406 e. The summed E-state index contributed by atoms with van der Waals surface area (Å²) in [6.45, 7) is -0.112. The zero-order valence-corrected chi connectivity index (χ0v) is 16.7. The molecule has 1 atom stereocenters. The first-order chi connectivity index (χ1) is 11.5. The number of carbonyl (C=O) groups is 1. The Bertz CT molecular complexity index is 639. The summed E-state index contributed by atoms with van der Waals surface area (Å²) in [5.41, 5.74) is 0.433. The van der Waals surface area contributed by atoms with Crippen molar-refractivity contribution in [1.29, 1.82) is 0 Å². The Kier molecular flexibility index (Phi) is 9.81. The number of nitrogens with zero attached hydrogens (tertiary/aromatic N) is 2. The van der Waals surface area contributed by atoms with E-state index in [-0.39, 0.29) is 29.9 Å². The maximum atomic E-state index is 13.2. The zero-order chi connectivity index (χ0) is 19.2. The monoisotopic (exact) mass is 494 g/mol. The number of benzene rings is 1.